The fraction of sp³-hybridized carbons (Fsp3) is 0.435. The van der Waals surface area contributed by atoms with E-state index in [-0.39, 0.29) is 23.7 Å². The lowest BCUT2D eigenvalue weighted by Crippen LogP contribution is -2.33. The predicted molar refractivity (Wildman–Crippen MR) is 108 cm³/mol. The lowest BCUT2D eigenvalue weighted by molar-refractivity contribution is -0.0679. The molecule has 1 fully saturated rings. The van der Waals surface area contributed by atoms with Crippen LogP contribution in [0.3, 0.4) is 0 Å². The molecule has 1 aromatic carbocycles. The van der Waals surface area contributed by atoms with Crippen molar-refractivity contribution in [2.45, 2.75) is 50.5 Å². The SMILES string of the molecule is N#Cc1cnc(C(=O)Cc2ccc(C3(O)CCOCC3)cc2C2=CCCCC2)[nH]1. The summed E-state index contributed by atoms with van der Waals surface area (Å²) in [5.41, 5.74) is 3.51. The lowest BCUT2D eigenvalue weighted by atomic mass is 9.82. The normalized spacial score (nSPS) is 18.7. The highest BCUT2D eigenvalue weighted by atomic mass is 16.5. The third-order valence-corrected chi connectivity index (χ3v) is 5.92. The maximum atomic E-state index is 12.7. The van der Waals surface area contributed by atoms with Gasteiger partial charge in [-0.3, -0.25) is 4.79 Å². The standard InChI is InChI=1S/C23H25N3O3/c24-14-19-15-25-22(26-19)21(27)12-17-6-7-18(23(28)8-10-29-11-9-23)13-20(17)16-4-2-1-3-5-16/h4,6-7,13,15,28H,1-3,5,8-12H2,(H,25,26). The summed E-state index contributed by atoms with van der Waals surface area (Å²) in [4.78, 5) is 19.5. The average molecular weight is 391 g/mol. The van der Waals surface area contributed by atoms with E-state index in [4.69, 9.17) is 10.00 Å². The molecule has 29 heavy (non-hydrogen) atoms. The summed E-state index contributed by atoms with van der Waals surface area (Å²) >= 11 is 0. The minimum absolute atomic E-state index is 0.151. The van der Waals surface area contributed by atoms with Crippen molar-refractivity contribution in [1.29, 1.82) is 5.26 Å². The number of rotatable bonds is 5. The second-order valence-corrected chi connectivity index (χ2v) is 7.85. The average Bonchev–Trinajstić information content (AvgIpc) is 3.25. The van der Waals surface area contributed by atoms with Crippen molar-refractivity contribution >= 4 is 11.4 Å². The van der Waals surface area contributed by atoms with E-state index < -0.39 is 5.60 Å². The van der Waals surface area contributed by atoms with Crippen molar-refractivity contribution in [3.63, 3.8) is 0 Å². The number of imidazole rings is 1. The molecule has 2 N–H and O–H groups in total. The maximum Gasteiger partial charge on any atom is 0.202 e. The van der Waals surface area contributed by atoms with E-state index >= 15 is 0 Å². The number of carbonyl (C=O) groups is 1. The fourth-order valence-corrected chi connectivity index (χ4v) is 4.18. The Bertz CT molecular complexity index is 977. The number of hydrogen-bond acceptors (Lipinski definition) is 5. The predicted octanol–water partition coefficient (Wildman–Crippen LogP) is 3.66. The summed E-state index contributed by atoms with van der Waals surface area (Å²) < 4.78 is 5.42. The summed E-state index contributed by atoms with van der Waals surface area (Å²) in [6, 6.07) is 7.92. The zero-order valence-electron chi connectivity index (χ0n) is 16.4. The number of hydrogen-bond donors (Lipinski definition) is 2. The van der Waals surface area contributed by atoms with Crippen molar-refractivity contribution in [3.8, 4) is 6.07 Å². The van der Waals surface area contributed by atoms with E-state index in [0.717, 1.165) is 36.0 Å². The number of nitrogens with zero attached hydrogens (tertiary/aromatic N) is 2. The maximum absolute atomic E-state index is 12.7. The minimum atomic E-state index is -0.881. The number of allylic oxidation sites excluding steroid dienone is 2. The Hall–Kier alpha value is -2.75. The molecule has 0 unspecified atom stereocenters. The molecule has 2 aliphatic rings. The Morgan fingerprint density at radius 3 is 2.83 bits per heavy atom. The quantitative estimate of drug-likeness (QED) is 0.758. The molecular formula is C23H25N3O3. The molecule has 150 valence electrons. The highest BCUT2D eigenvalue weighted by Crippen LogP contribution is 2.36. The van der Waals surface area contributed by atoms with Crippen molar-refractivity contribution < 1.29 is 14.6 Å². The third-order valence-electron chi connectivity index (χ3n) is 5.92. The van der Waals surface area contributed by atoms with Crippen molar-refractivity contribution in [3.05, 3.63) is 58.7 Å². The largest absolute Gasteiger partial charge is 0.385 e. The number of aromatic amines is 1. The monoisotopic (exact) mass is 391 g/mol. The Kier molecular flexibility index (Phi) is 5.61. The van der Waals surface area contributed by atoms with Gasteiger partial charge in [0, 0.05) is 32.5 Å². The number of nitriles is 1. The van der Waals surface area contributed by atoms with Gasteiger partial charge >= 0.3 is 0 Å². The summed E-state index contributed by atoms with van der Waals surface area (Å²) in [6.45, 7) is 1.10. The summed E-state index contributed by atoms with van der Waals surface area (Å²) in [7, 11) is 0. The zero-order valence-corrected chi connectivity index (χ0v) is 16.4. The van der Waals surface area contributed by atoms with Gasteiger partial charge < -0.3 is 14.8 Å². The number of benzene rings is 1. The number of nitrogens with one attached hydrogen (secondary N) is 1. The molecule has 0 spiro atoms. The number of ether oxygens (including phenoxy) is 1. The van der Waals surface area contributed by atoms with Gasteiger partial charge in [0.2, 0.25) is 5.78 Å². The van der Waals surface area contributed by atoms with Crippen molar-refractivity contribution in [1.82, 2.24) is 9.97 Å². The van der Waals surface area contributed by atoms with E-state index in [1.165, 1.54) is 18.2 Å². The smallest absolute Gasteiger partial charge is 0.202 e. The first-order valence-corrected chi connectivity index (χ1v) is 10.2. The first kappa shape index (κ1) is 19.6. The number of Topliss-reactive ketones (excluding diaryl/α,β-unsaturated/α-hetero) is 1. The van der Waals surface area contributed by atoms with E-state index in [2.05, 4.69) is 22.1 Å². The molecule has 1 aliphatic carbocycles. The molecule has 1 aliphatic heterocycles. The molecule has 0 radical (unpaired) electrons. The van der Waals surface area contributed by atoms with Gasteiger partial charge in [0.05, 0.1) is 11.8 Å². The molecule has 0 amide bonds. The molecule has 6 heteroatoms. The van der Waals surface area contributed by atoms with Gasteiger partial charge in [0.25, 0.3) is 0 Å². The molecule has 2 aromatic rings. The van der Waals surface area contributed by atoms with Crippen LogP contribution in [0.25, 0.3) is 5.57 Å². The zero-order chi connectivity index (χ0) is 20.3. The molecule has 0 saturated carbocycles. The van der Waals surface area contributed by atoms with Gasteiger partial charge in [-0.2, -0.15) is 5.26 Å². The third kappa shape index (κ3) is 4.16. The van der Waals surface area contributed by atoms with E-state index in [9.17, 15) is 9.90 Å². The molecular weight excluding hydrogens is 366 g/mol. The minimum Gasteiger partial charge on any atom is -0.385 e. The second kappa shape index (κ2) is 8.32. The van der Waals surface area contributed by atoms with Crippen LogP contribution in [0.2, 0.25) is 0 Å². The Balaban J connectivity index is 1.68. The summed E-state index contributed by atoms with van der Waals surface area (Å²) in [5.74, 6) is 0.0546. The molecule has 2 heterocycles. The highest BCUT2D eigenvalue weighted by Gasteiger charge is 2.32. The van der Waals surface area contributed by atoms with Crippen LogP contribution in [0.15, 0.2) is 30.5 Å². The summed E-state index contributed by atoms with van der Waals surface area (Å²) in [5, 5.41) is 20.1. The Labute approximate surface area is 170 Å². The van der Waals surface area contributed by atoms with E-state index in [1.54, 1.807) is 0 Å². The second-order valence-electron chi connectivity index (χ2n) is 7.85. The molecule has 1 aromatic heterocycles. The number of H-pyrrole nitrogens is 1. The van der Waals surface area contributed by atoms with Gasteiger partial charge in [0.1, 0.15) is 11.8 Å². The number of aliphatic hydroxyl groups is 1. The van der Waals surface area contributed by atoms with Crippen LogP contribution < -0.4 is 0 Å². The molecule has 0 bridgehead atoms. The van der Waals surface area contributed by atoms with Crippen molar-refractivity contribution in [2.75, 3.05) is 13.2 Å². The van der Waals surface area contributed by atoms with Crippen LogP contribution in [0.4, 0.5) is 0 Å². The number of ketones is 1. The molecule has 0 atom stereocenters. The van der Waals surface area contributed by atoms with Gasteiger partial charge in [-0.15, -0.1) is 0 Å². The van der Waals surface area contributed by atoms with Gasteiger partial charge in [-0.05, 0) is 54.0 Å². The van der Waals surface area contributed by atoms with Crippen LogP contribution in [-0.2, 0) is 16.8 Å². The van der Waals surface area contributed by atoms with Crippen molar-refractivity contribution in [2.24, 2.45) is 0 Å². The van der Waals surface area contributed by atoms with Gasteiger partial charge in [-0.1, -0.05) is 18.2 Å². The summed E-state index contributed by atoms with van der Waals surface area (Å²) in [6.07, 6.45) is 9.31. The van der Waals surface area contributed by atoms with E-state index in [1.807, 2.05) is 18.2 Å². The van der Waals surface area contributed by atoms with Crippen LogP contribution in [0.5, 0.6) is 0 Å². The molecule has 1 saturated heterocycles. The lowest BCUT2D eigenvalue weighted by Gasteiger charge is -2.33. The Morgan fingerprint density at radius 2 is 2.14 bits per heavy atom. The topological polar surface area (TPSA) is 99.0 Å². The molecule has 6 nitrogen and oxygen atoms in total. The first-order valence-electron chi connectivity index (χ1n) is 10.2. The first-order chi connectivity index (χ1) is 14.1. The van der Waals surface area contributed by atoms with Crippen LogP contribution in [0.1, 0.15) is 71.5 Å². The van der Waals surface area contributed by atoms with Crippen LogP contribution in [-0.4, -0.2) is 34.1 Å². The van der Waals surface area contributed by atoms with Gasteiger partial charge in [0.15, 0.2) is 5.82 Å². The van der Waals surface area contributed by atoms with Crippen LogP contribution in [0, 0.1) is 11.3 Å². The Morgan fingerprint density at radius 1 is 1.31 bits per heavy atom. The number of aromatic nitrogens is 2. The highest BCUT2D eigenvalue weighted by molar-refractivity contribution is 5.95. The fourth-order valence-electron chi connectivity index (χ4n) is 4.18. The van der Waals surface area contributed by atoms with Crippen LogP contribution >= 0.6 is 0 Å². The number of carbonyl (C=O) groups excluding carboxylic acids is 1. The van der Waals surface area contributed by atoms with Gasteiger partial charge in [-0.25, -0.2) is 4.98 Å². The van der Waals surface area contributed by atoms with E-state index in [0.29, 0.717) is 26.1 Å². The molecule has 4 rings (SSSR count).